The van der Waals surface area contributed by atoms with Gasteiger partial charge in [0.05, 0.1) is 0 Å². The molecule has 1 aliphatic carbocycles. The third kappa shape index (κ3) is 6.47. The van der Waals surface area contributed by atoms with Crippen LogP contribution in [0.1, 0.15) is 78.1 Å². The second-order valence-corrected chi connectivity index (χ2v) is 7.01. The van der Waals surface area contributed by atoms with E-state index in [1.54, 1.807) is 0 Å². The molecule has 1 rings (SSSR count). The van der Waals surface area contributed by atoms with Crippen LogP contribution in [0.4, 0.5) is 0 Å². The van der Waals surface area contributed by atoms with E-state index in [4.69, 9.17) is 0 Å². The molecule has 0 amide bonds. The first-order chi connectivity index (χ1) is 8.77. The van der Waals surface area contributed by atoms with Gasteiger partial charge in [-0.15, -0.1) is 0 Å². The van der Waals surface area contributed by atoms with E-state index < -0.39 is 0 Å². The van der Waals surface area contributed by atoms with Gasteiger partial charge in [0.25, 0.3) is 0 Å². The summed E-state index contributed by atoms with van der Waals surface area (Å²) in [5, 5.41) is 4.75. The highest BCUT2D eigenvalue weighted by molar-refractivity contribution is 7.99. The fourth-order valence-corrected chi connectivity index (χ4v) is 4.02. The first kappa shape index (κ1) is 16.4. The lowest BCUT2D eigenvalue weighted by atomic mass is 9.94. The summed E-state index contributed by atoms with van der Waals surface area (Å²) in [6, 6.07) is 1.49. The molecule has 1 N–H and O–H groups in total. The van der Waals surface area contributed by atoms with Gasteiger partial charge in [-0.25, -0.2) is 0 Å². The Hall–Kier alpha value is 0.310. The van der Waals surface area contributed by atoms with Crippen molar-refractivity contribution in [2.75, 3.05) is 6.26 Å². The van der Waals surface area contributed by atoms with Crippen molar-refractivity contribution in [2.24, 2.45) is 0 Å². The zero-order valence-electron chi connectivity index (χ0n) is 12.7. The van der Waals surface area contributed by atoms with Crippen molar-refractivity contribution in [3.63, 3.8) is 0 Å². The van der Waals surface area contributed by atoms with Crippen molar-refractivity contribution in [3.8, 4) is 0 Å². The summed E-state index contributed by atoms with van der Waals surface area (Å²) in [5.41, 5.74) is 0. The summed E-state index contributed by atoms with van der Waals surface area (Å²) in [7, 11) is 0. The van der Waals surface area contributed by atoms with Crippen LogP contribution in [-0.2, 0) is 0 Å². The molecule has 0 radical (unpaired) electrons. The third-order valence-corrected chi connectivity index (χ3v) is 5.41. The quantitative estimate of drug-likeness (QED) is 0.592. The molecule has 0 saturated heterocycles. The van der Waals surface area contributed by atoms with Crippen LogP contribution in [0.2, 0.25) is 0 Å². The van der Waals surface area contributed by atoms with E-state index in [1.807, 2.05) is 0 Å². The molecule has 0 aromatic rings. The molecule has 3 unspecified atom stereocenters. The lowest BCUT2D eigenvalue weighted by molar-refractivity contribution is 0.340. The van der Waals surface area contributed by atoms with Crippen LogP contribution in [0, 0.1) is 0 Å². The fourth-order valence-electron chi connectivity index (χ4n) is 3.07. The van der Waals surface area contributed by atoms with E-state index in [9.17, 15) is 0 Å². The fraction of sp³-hybridized carbons (Fsp3) is 1.00. The molecule has 3 atom stereocenters. The van der Waals surface area contributed by atoms with Crippen LogP contribution in [-0.4, -0.2) is 23.6 Å². The molecule has 0 heterocycles. The van der Waals surface area contributed by atoms with E-state index in [0.29, 0.717) is 6.04 Å². The molecule has 2 heteroatoms. The second kappa shape index (κ2) is 10.1. The van der Waals surface area contributed by atoms with Crippen molar-refractivity contribution in [1.82, 2.24) is 5.32 Å². The van der Waals surface area contributed by atoms with E-state index in [-0.39, 0.29) is 0 Å². The Morgan fingerprint density at radius 1 is 1.11 bits per heavy atom. The standard InChI is InChI=1S/C16H33NS/c1-4-5-6-7-8-11-14(2)17-15-12-9-10-13-16(15)18-3/h14-17H,4-13H2,1-3H3. The highest BCUT2D eigenvalue weighted by Crippen LogP contribution is 2.27. The number of hydrogen-bond acceptors (Lipinski definition) is 2. The Balaban J connectivity index is 2.11. The smallest absolute Gasteiger partial charge is 0.0198 e. The van der Waals surface area contributed by atoms with E-state index >= 15 is 0 Å². The average molecular weight is 272 g/mol. The topological polar surface area (TPSA) is 12.0 Å². The van der Waals surface area contributed by atoms with Gasteiger partial charge in [0, 0.05) is 17.3 Å². The highest BCUT2D eigenvalue weighted by atomic mass is 32.2. The van der Waals surface area contributed by atoms with Gasteiger partial charge in [-0.05, 0) is 32.4 Å². The minimum Gasteiger partial charge on any atom is -0.310 e. The highest BCUT2D eigenvalue weighted by Gasteiger charge is 2.24. The monoisotopic (exact) mass is 271 g/mol. The van der Waals surface area contributed by atoms with Crippen molar-refractivity contribution < 1.29 is 0 Å². The van der Waals surface area contributed by atoms with Crippen molar-refractivity contribution in [1.29, 1.82) is 0 Å². The van der Waals surface area contributed by atoms with Crippen molar-refractivity contribution >= 4 is 11.8 Å². The zero-order chi connectivity index (χ0) is 13.2. The lowest BCUT2D eigenvalue weighted by Crippen LogP contribution is -2.44. The van der Waals surface area contributed by atoms with Gasteiger partial charge in [-0.3, -0.25) is 0 Å². The van der Waals surface area contributed by atoms with Gasteiger partial charge in [0.1, 0.15) is 0 Å². The Bertz CT molecular complexity index is 196. The summed E-state index contributed by atoms with van der Waals surface area (Å²) < 4.78 is 0. The Morgan fingerprint density at radius 2 is 1.83 bits per heavy atom. The summed E-state index contributed by atoms with van der Waals surface area (Å²) in [6.07, 6.45) is 16.4. The van der Waals surface area contributed by atoms with Crippen LogP contribution in [0.25, 0.3) is 0 Å². The molecule has 1 fully saturated rings. The average Bonchev–Trinajstić information content (AvgIpc) is 2.39. The number of hydrogen-bond donors (Lipinski definition) is 1. The predicted octanol–water partition coefficient (Wildman–Crippen LogP) is 5.00. The maximum atomic E-state index is 3.89. The Labute approximate surface area is 119 Å². The van der Waals surface area contributed by atoms with Gasteiger partial charge < -0.3 is 5.32 Å². The first-order valence-corrected chi connectivity index (χ1v) is 9.35. The molecule has 0 aromatic heterocycles. The Morgan fingerprint density at radius 3 is 2.56 bits per heavy atom. The molecule has 18 heavy (non-hydrogen) atoms. The van der Waals surface area contributed by atoms with Gasteiger partial charge in [-0.2, -0.15) is 11.8 Å². The molecule has 0 aliphatic heterocycles. The SMILES string of the molecule is CCCCCCCC(C)NC1CCCCC1SC. The summed E-state index contributed by atoms with van der Waals surface area (Å²) in [6.45, 7) is 4.67. The second-order valence-electron chi connectivity index (χ2n) is 5.94. The predicted molar refractivity (Wildman–Crippen MR) is 85.5 cm³/mol. The molecule has 0 aromatic carbocycles. The molecule has 1 nitrogen and oxygen atoms in total. The molecule has 1 aliphatic rings. The minimum absolute atomic E-state index is 0.712. The molecular formula is C16H33NS. The van der Waals surface area contributed by atoms with E-state index in [1.165, 1.54) is 64.2 Å². The molecule has 1 saturated carbocycles. The van der Waals surface area contributed by atoms with E-state index in [2.05, 4.69) is 37.2 Å². The number of nitrogens with one attached hydrogen (secondary N) is 1. The number of rotatable bonds is 9. The van der Waals surface area contributed by atoms with Gasteiger partial charge in [0.2, 0.25) is 0 Å². The molecule has 0 spiro atoms. The normalized spacial score (nSPS) is 26.2. The number of thioether (sulfide) groups is 1. The lowest BCUT2D eigenvalue weighted by Gasteiger charge is -2.33. The summed E-state index contributed by atoms with van der Waals surface area (Å²) in [4.78, 5) is 0. The maximum absolute atomic E-state index is 3.89. The molecule has 0 bridgehead atoms. The summed E-state index contributed by atoms with van der Waals surface area (Å²) in [5.74, 6) is 0. The van der Waals surface area contributed by atoms with E-state index in [0.717, 1.165) is 11.3 Å². The minimum atomic E-state index is 0.712. The largest absolute Gasteiger partial charge is 0.310 e. The van der Waals surface area contributed by atoms with Crippen molar-refractivity contribution in [2.45, 2.75) is 95.4 Å². The summed E-state index contributed by atoms with van der Waals surface area (Å²) >= 11 is 2.07. The van der Waals surface area contributed by atoms with Gasteiger partial charge >= 0.3 is 0 Å². The van der Waals surface area contributed by atoms with Crippen LogP contribution in [0.5, 0.6) is 0 Å². The first-order valence-electron chi connectivity index (χ1n) is 8.06. The van der Waals surface area contributed by atoms with Crippen LogP contribution >= 0.6 is 11.8 Å². The van der Waals surface area contributed by atoms with Crippen LogP contribution in [0.3, 0.4) is 0 Å². The van der Waals surface area contributed by atoms with Crippen molar-refractivity contribution in [3.05, 3.63) is 0 Å². The molecular weight excluding hydrogens is 238 g/mol. The Kier molecular flexibility index (Phi) is 9.22. The third-order valence-electron chi connectivity index (χ3n) is 4.24. The van der Waals surface area contributed by atoms with Crippen LogP contribution < -0.4 is 5.32 Å². The molecule has 108 valence electrons. The number of unbranched alkanes of at least 4 members (excludes halogenated alkanes) is 4. The van der Waals surface area contributed by atoms with Gasteiger partial charge in [0.15, 0.2) is 0 Å². The van der Waals surface area contributed by atoms with Gasteiger partial charge in [-0.1, -0.05) is 51.9 Å². The zero-order valence-corrected chi connectivity index (χ0v) is 13.5. The maximum Gasteiger partial charge on any atom is 0.0198 e. The van der Waals surface area contributed by atoms with Crippen LogP contribution in [0.15, 0.2) is 0 Å².